The van der Waals surface area contributed by atoms with E-state index in [0.717, 1.165) is 5.56 Å². The van der Waals surface area contributed by atoms with Gasteiger partial charge in [0.15, 0.2) is 11.6 Å². The molecule has 0 amide bonds. The van der Waals surface area contributed by atoms with Crippen LogP contribution in [0, 0.1) is 17.3 Å². The van der Waals surface area contributed by atoms with Crippen LogP contribution in [0.4, 0.5) is 0 Å². The lowest BCUT2D eigenvalue weighted by Gasteiger charge is -2.42. The summed E-state index contributed by atoms with van der Waals surface area (Å²) in [5, 5.41) is 0. The summed E-state index contributed by atoms with van der Waals surface area (Å²) in [6.07, 6.45) is 1.86. The second kappa shape index (κ2) is 5.35. The van der Waals surface area contributed by atoms with Crippen LogP contribution in [0.25, 0.3) is 5.57 Å². The summed E-state index contributed by atoms with van der Waals surface area (Å²) in [5.74, 6) is 0.469. The third kappa shape index (κ3) is 2.24. The van der Waals surface area contributed by atoms with Gasteiger partial charge in [0.1, 0.15) is 0 Å². The SMILES string of the molecule is CC(C)C1(C(C)C)CC(=O)C=C(c2ccccc2)C1=O. The van der Waals surface area contributed by atoms with E-state index in [0.29, 0.717) is 12.0 Å². The van der Waals surface area contributed by atoms with Gasteiger partial charge in [-0.3, -0.25) is 9.59 Å². The molecular weight excluding hydrogens is 248 g/mol. The van der Waals surface area contributed by atoms with Gasteiger partial charge >= 0.3 is 0 Å². The standard InChI is InChI=1S/C18H22O2/c1-12(2)18(13(3)4)11-15(19)10-16(17(18)20)14-8-6-5-7-9-14/h5-10,12-13H,11H2,1-4H3. The maximum atomic E-state index is 13.1. The van der Waals surface area contributed by atoms with Crippen LogP contribution in [-0.4, -0.2) is 11.6 Å². The van der Waals surface area contributed by atoms with Crippen LogP contribution in [0.5, 0.6) is 0 Å². The molecule has 2 heteroatoms. The van der Waals surface area contributed by atoms with Gasteiger partial charge in [-0.1, -0.05) is 58.0 Å². The molecule has 106 valence electrons. The lowest BCUT2D eigenvalue weighted by molar-refractivity contribution is -0.135. The summed E-state index contributed by atoms with van der Waals surface area (Å²) in [6, 6.07) is 9.50. The molecule has 1 aliphatic carbocycles. The van der Waals surface area contributed by atoms with E-state index in [9.17, 15) is 9.59 Å². The second-order valence-electron chi connectivity index (χ2n) is 6.25. The molecule has 0 atom stereocenters. The first kappa shape index (κ1) is 14.7. The number of hydrogen-bond acceptors (Lipinski definition) is 2. The molecule has 0 saturated carbocycles. The normalized spacial score (nSPS) is 18.6. The molecule has 0 unspecified atom stereocenters. The molecule has 1 aromatic rings. The van der Waals surface area contributed by atoms with Gasteiger partial charge in [-0.05, 0) is 23.5 Å². The van der Waals surface area contributed by atoms with Crippen molar-refractivity contribution in [2.75, 3.05) is 0 Å². The smallest absolute Gasteiger partial charge is 0.170 e. The minimum Gasteiger partial charge on any atom is -0.295 e. The van der Waals surface area contributed by atoms with Gasteiger partial charge in [-0.2, -0.15) is 0 Å². The molecule has 0 fully saturated rings. The Bertz CT molecular complexity index is 542. The predicted molar refractivity (Wildman–Crippen MR) is 81.2 cm³/mol. The average Bonchev–Trinajstić information content (AvgIpc) is 2.41. The number of carbonyl (C=O) groups is 2. The van der Waals surface area contributed by atoms with Crippen molar-refractivity contribution in [3.63, 3.8) is 0 Å². The van der Waals surface area contributed by atoms with E-state index in [2.05, 4.69) is 0 Å². The molecule has 0 aromatic heterocycles. The van der Waals surface area contributed by atoms with E-state index < -0.39 is 5.41 Å². The van der Waals surface area contributed by atoms with E-state index in [1.165, 1.54) is 6.08 Å². The number of rotatable bonds is 3. The largest absolute Gasteiger partial charge is 0.295 e. The van der Waals surface area contributed by atoms with Crippen LogP contribution in [0.1, 0.15) is 39.7 Å². The first-order valence-electron chi connectivity index (χ1n) is 7.24. The summed E-state index contributed by atoms with van der Waals surface area (Å²) in [5.41, 5.74) is 0.845. The van der Waals surface area contributed by atoms with Crippen LogP contribution < -0.4 is 0 Å². The zero-order valence-corrected chi connectivity index (χ0v) is 12.6. The van der Waals surface area contributed by atoms with Crippen LogP contribution in [0.2, 0.25) is 0 Å². The van der Waals surface area contributed by atoms with Crippen molar-refractivity contribution in [1.82, 2.24) is 0 Å². The van der Waals surface area contributed by atoms with E-state index in [1.54, 1.807) is 0 Å². The number of benzene rings is 1. The molecule has 0 N–H and O–H groups in total. The van der Waals surface area contributed by atoms with E-state index in [1.807, 2.05) is 58.0 Å². The van der Waals surface area contributed by atoms with Crippen molar-refractivity contribution < 1.29 is 9.59 Å². The summed E-state index contributed by atoms with van der Waals surface area (Å²) >= 11 is 0. The average molecular weight is 270 g/mol. The van der Waals surface area contributed by atoms with Crippen molar-refractivity contribution in [3.05, 3.63) is 42.0 Å². The van der Waals surface area contributed by atoms with Crippen LogP contribution in [0.15, 0.2) is 36.4 Å². The van der Waals surface area contributed by atoms with Gasteiger partial charge in [0.2, 0.25) is 0 Å². The van der Waals surface area contributed by atoms with Gasteiger partial charge in [0.25, 0.3) is 0 Å². The number of allylic oxidation sites excluding steroid dienone is 2. The summed E-state index contributed by atoms with van der Waals surface area (Å²) in [4.78, 5) is 25.2. The molecule has 0 saturated heterocycles. The minimum atomic E-state index is -0.572. The fraction of sp³-hybridized carbons (Fsp3) is 0.444. The topological polar surface area (TPSA) is 34.1 Å². The first-order valence-corrected chi connectivity index (χ1v) is 7.24. The van der Waals surface area contributed by atoms with Crippen LogP contribution in [0.3, 0.4) is 0 Å². The lowest BCUT2D eigenvalue weighted by Crippen LogP contribution is -2.45. The molecule has 0 bridgehead atoms. The Morgan fingerprint density at radius 3 is 2.00 bits per heavy atom. The number of carbonyl (C=O) groups excluding carboxylic acids is 2. The lowest BCUT2D eigenvalue weighted by atomic mass is 9.59. The van der Waals surface area contributed by atoms with Crippen molar-refractivity contribution in [2.45, 2.75) is 34.1 Å². The Kier molecular flexibility index (Phi) is 3.94. The summed E-state index contributed by atoms with van der Waals surface area (Å²) in [6.45, 7) is 8.16. The molecular formula is C18H22O2. The Balaban J connectivity index is 2.56. The van der Waals surface area contributed by atoms with Gasteiger partial charge in [-0.25, -0.2) is 0 Å². The second-order valence-corrected chi connectivity index (χ2v) is 6.25. The third-order valence-corrected chi connectivity index (χ3v) is 4.58. The molecule has 2 nitrogen and oxygen atoms in total. The van der Waals surface area contributed by atoms with E-state index >= 15 is 0 Å². The monoisotopic (exact) mass is 270 g/mol. The van der Waals surface area contributed by atoms with Crippen LogP contribution >= 0.6 is 0 Å². The zero-order chi connectivity index (χ0) is 14.9. The van der Waals surface area contributed by atoms with Gasteiger partial charge < -0.3 is 0 Å². The number of hydrogen-bond donors (Lipinski definition) is 0. The summed E-state index contributed by atoms with van der Waals surface area (Å²) in [7, 11) is 0. The molecule has 0 radical (unpaired) electrons. The fourth-order valence-corrected chi connectivity index (χ4v) is 3.33. The van der Waals surface area contributed by atoms with Crippen molar-refractivity contribution >= 4 is 17.1 Å². The van der Waals surface area contributed by atoms with E-state index in [4.69, 9.17) is 0 Å². The Morgan fingerprint density at radius 2 is 1.50 bits per heavy atom. The third-order valence-electron chi connectivity index (χ3n) is 4.58. The highest BCUT2D eigenvalue weighted by Gasteiger charge is 2.48. The molecule has 0 spiro atoms. The maximum absolute atomic E-state index is 13.1. The fourth-order valence-electron chi connectivity index (χ4n) is 3.33. The predicted octanol–water partition coefficient (Wildman–Crippen LogP) is 3.91. The van der Waals surface area contributed by atoms with Crippen molar-refractivity contribution in [1.29, 1.82) is 0 Å². The highest BCUT2D eigenvalue weighted by atomic mass is 16.1. The molecule has 1 aromatic carbocycles. The number of Topliss-reactive ketones (excluding diaryl/α,β-unsaturated/α-hetero) is 1. The highest BCUT2D eigenvalue weighted by Crippen LogP contribution is 2.46. The van der Waals surface area contributed by atoms with Crippen molar-refractivity contribution in [3.8, 4) is 0 Å². The van der Waals surface area contributed by atoms with Gasteiger partial charge in [-0.15, -0.1) is 0 Å². The van der Waals surface area contributed by atoms with Crippen molar-refractivity contribution in [2.24, 2.45) is 17.3 Å². The maximum Gasteiger partial charge on any atom is 0.170 e. The van der Waals surface area contributed by atoms with Gasteiger partial charge in [0.05, 0.1) is 0 Å². The Hall–Kier alpha value is -1.70. The Labute approximate surface area is 120 Å². The highest BCUT2D eigenvalue weighted by molar-refractivity contribution is 6.30. The minimum absolute atomic E-state index is 0.0610. The van der Waals surface area contributed by atoms with E-state index in [-0.39, 0.29) is 23.4 Å². The van der Waals surface area contributed by atoms with Gasteiger partial charge in [0, 0.05) is 17.4 Å². The number of ketones is 2. The first-order chi connectivity index (χ1) is 9.39. The molecule has 20 heavy (non-hydrogen) atoms. The molecule has 0 aliphatic heterocycles. The quantitative estimate of drug-likeness (QED) is 0.834. The molecule has 0 heterocycles. The zero-order valence-electron chi connectivity index (χ0n) is 12.6. The van der Waals surface area contributed by atoms with Crippen LogP contribution in [-0.2, 0) is 9.59 Å². The Morgan fingerprint density at radius 1 is 0.950 bits per heavy atom. The molecule has 2 rings (SSSR count). The summed E-state index contributed by atoms with van der Waals surface area (Å²) < 4.78 is 0. The molecule has 1 aliphatic rings.